The van der Waals surface area contributed by atoms with Crippen LogP contribution in [0.3, 0.4) is 0 Å². The molecular formula is C25H34N4O3S3. The SMILES string of the molecule is COSN(C)N1C2CCC1CC(NCCOc1ccc(Oc3nc4ccc(C)cc4s3)cc1)C2.S. The lowest BCUT2D eigenvalue weighted by molar-refractivity contribution is -0.00875. The van der Waals surface area contributed by atoms with Crippen LogP contribution in [0.2, 0.25) is 0 Å². The highest BCUT2D eigenvalue weighted by Crippen LogP contribution is 2.38. The monoisotopic (exact) mass is 534 g/mol. The Morgan fingerprint density at radius 2 is 1.83 bits per heavy atom. The molecule has 35 heavy (non-hydrogen) atoms. The highest BCUT2D eigenvalue weighted by molar-refractivity contribution is 7.92. The number of fused-ring (bicyclic) bond motifs is 3. The molecule has 2 saturated heterocycles. The molecule has 2 atom stereocenters. The van der Waals surface area contributed by atoms with Crippen molar-refractivity contribution in [3.05, 3.63) is 48.0 Å². The Hall–Kier alpha value is -1.53. The Morgan fingerprint density at radius 1 is 1.11 bits per heavy atom. The molecule has 2 fully saturated rings. The molecule has 2 unspecified atom stereocenters. The van der Waals surface area contributed by atoms with Crippen LogP contribution in [0.1, 0.15) is 31.2 Å². The van der Waals surface area contributed by atoms with Crippen molar-refractivity contribution in [3.63, 3.8) is 0 Å². The Balaban J connectivity index is 0.00000289. The summed E-state index contributed by atoms with van der Waals surface area (Å²) >= 11 is 2.98. The Labute approximate surface area is 222 Å². The molecule has 0 spiro atoms. The number of aromatic nitrogens is 1. The van der Waals surface area contributed by atoms with E-state index in [-0.39, 0.29) is 13.5 Å². The van der Waals surface area contributed by atoms with Crippen LogP contribution >= 0.6 is 37.1 Å². The van der Waals surface area contributed by atoms with Gasteiger partial charge in [0.2, 0.25) is 0 Å². The summed E-state index contributed by atoms with van der Waals surface area (Å²) < 4.78 is 20.4. The smallest absolute Gasteiger partial charge is 0.279 e. The summed E-state index contributed by atoms with van der Waals surface area (Å²) in [4.78, 5) is 4.56. The number of aryl methyl sites for hydroxylation is 1. The molecule has 5 rings (SSSR count). The van der Waals surface area contributed by atoms with Gasteiger partial charge in [-0.3, -0.25) is 0 Å². The van der Waals surface area contributed by atoms with Gasteiger partial charge in [0.05, 0.1) is 29.6 Å². The van der Waals surface area contributed by atoms with Crippen LogP contribution in [-0.2, 0) is 4.18 Å². The van der Waals surface area contributed by atoms with Crippen molar-refractivity contribution >= 4 is 47.3 Å². The molecule has 2 aliphatic heterocycles. The zero-order valence-corrected chi connectivity index (χ0v) is 23.0. The molecule has 190 valence electrons. The molecule has 1 N–H and O–H groups in total. The van der Waals surface area contributed by atoms with E-state index >= 15 is 0 Å². The fourth-order valence-electron chi connectivity index (χ4n) is 5.12. The van der Waals surface area contributed by atoms with Gasteiger partial charge in [-0.25, -0.2) is 9.99 Å². The quantitative estimate of drug-likeness (QED) is 0.207. The van der Waals surface area contributed by atoms with E-state index in [0.717, 1.165) is 28.3 Å². The number of ether oxygens (including phenoxy) is 2. The molecule has 0 saturated carbocycles. The van der Waals surface area contributed by atoms with E-state index in [1.807, 2.05) is 30.3 Å². The first-order chi connectivity index (χ1) is 16.6. The topological polar surface area (TPSA) is 59.1 Å². The molecular weight excluding hydrogens is 501 g/mol. The summed E-state index contributed by atoms with van der Waals surface area (Å²) in [7, 11) is 3.82. The normalized spacial score (nSPS) is 21.9. The summed E-state index contributed by atoms with van der Waals surface area (Å²) in [6.45, 7) is 3.57. The first-order valence-corrected chi connectivity index (χ1v) is 13.3. The number of benzene rings is 2. The molecule has 3 aromatic rings. The van der Waals surface area contributed by atoms with Crippen molar-refractivity contribution in [2.75, 3.05) is 27.3 Å². The van der Waals surface area contributed by atoms with E-state index in [9.17, 15) is 0 Å². The lowest BCUT2D eigenvalue weighted by Gasteiger charge is -2.42. The summed E-state index contributed by atoms with van der Waals surface area (Å²) in [5, 5.41) is 6.86. The van der Waals surface area contributed by atoms with E-state index in [1.165, 1.54) is 43.5 Å². The summed E-state index contributed by atoms with van der Waals surface area (Å²) in [6, 6.07) is 15.7. The molecule has 10 heteroatoms. The maximum absolute atomic E-state index is 5.95. The molecule has 2 aliphatic rings. The molecule has 3 heterocycles. The van der Waals surface area contributed by atoms with Crippen molar-refractivity contribution in [2.24, 2.45) is 0 Å². The van der Waals surface area contributed by atoms with Gasteiger partial charge in [0.15, 0.2) is 0 Å². The number of hydrogen-bond donors (Lipinski definition) is 1. The molecule has 1 aromatic heterocycles. The van der Waals surface area contributed by atoms with Crippen LogP contribution in [0.4, 0.5) is 0 Å². The number of piperidine rings is 1. The molecule has 0 aliphatic carbocycles. The van der Waals surface area contributed by atoms with Crippen LogP contribution in [0.5, 0.6) is 16.7 Å². The summed E-state index contributed by atoms with van der Waals surface area (Å²) in [5.41, 5.74) is 2.20. The number of rotatable bonds is 10. The molecule has 2 bridgehead atoms. The Morgan fingerprint density at radius 3 is 2.54 bits per heavy atom. The maximum Gasteiger partial charge on any atom is 0.279 e. The van der Waals surface area contributed by atoms with Gasteiger partial charge in [-0.1, -0.05) is 17.4 Å². The molecule has 0 amide bonds. The number of nitrogens with zero attached hydrogens (tertiary/aromatic N) is 3. The zero-order valence-electron chi connectivity index (χ0n) is 20.4. The van der Waals surface area contributed by atoms with Crippen molar-refractivity contribution in [3.8, 4) is 16.7 Å². The standard InChI is InChI=1S/C25H32N4O3S2.H2S/c1-17-4-11-23-24(14-17)33-25(27-23)32-22-9-7-21(8-10-22)31-13-12-26-18-15-19-5-6-20(16-18)29(19)28(2)34-30-3;/h4,7-11,14,18-20,26H,5-6,12-13,15-16H2,1-3H3;1H2. The molecule has 2 aromatic carbocycles. The van der Waals surface area contributed by atoms with Crippen molar-refractivity contribution < 1.29 is 13.7 Å². The zero-order chi connectivity index (χ0) is 23.5. The Bertz CT molecular complexity index is 1080. The van der Waals surface area contributed by atoms with E-state index in [1.54, 1.807) is 18.4 Å². The average Bonchev–Trinajstić information content (AvgIpc) is 3.34. The van der Waals surface area contributed by atoms with Gasteiger partial charge in [0.25, 0.3) is 5.19 Å². The summed E-state index contributed by atoms with van der Waals surface area (Å²) in [6.07, 6.45) is 4.86. The number of thiazole rings is 1. The van der Waals surface area contributed by atoms with E-state index in [2.05, 4.69) is 45.8 Å². The number of hydrogen-bond acceptors (Lipinski definition) is 9. The fraction of sp³-hybridized carbons (Fsp3) is 0.480. The van der Waals surface area contributed by atoms with Gasteiger partial charge >= 0.3 is 0 Å². The average molecular weight is 535 g/mol. The van der Waals surface area contributed by atoms with Gasteiger partial charge < -0.3 is 19.0 Å². The highest BCUT2D eigenvalue weighted by atomic mass is 32.2. The second-order valence-corrected chi connectivity index (χ2v) is 11.0. The Kier molecular flexibility index (Phi) is 9.20. The van der Waals surface area contributed by atoms with Crippen LogP contribution in [0.25, 0.3) is 10.2 Å². The largest absolute Gasteiger partial charge is 0.492 e. The van der Waals surface area contributed by atoms with Crippen molar-refractivity contribution in [1.82, 2.24) is 19.7 Å². The van der Waals surface area contributed by atoms with Crippen LogP contribution in [-0.4, -0.2) is 59.8 Å². The van der Waals surface area contributed by atoms with E-state index in [0.29, 0.717) is 29.9 Å². The van der Waals surface area contributed by atoms with E-state index in [4.69, 9.17) is 13.7 Å². The van der Waals surface area contributed by atoms with Crippen LogP contribution < -0.4 is 14.8 Å². The second kappa shape index (κ2) is 12.1. The first-order valence-electron chi connectivity index (χ1n) is 11.8. The molecule has 7 nitrogen and oxygen atoms in total. The van der Waals surface area contributed by atoms with E-state index < -0.39 is 0 Å². The minimum atomic E-state index is 0. The predicted octanol–water partition coefficient (Wildman–Crippen LogP) is 5.53. The second-order valence-electron chi connectivity index (χ2n) is 8.97. The van der Waals surface area contributed by atoms with Gasteiger partial charge in [-0.05, 0) is 74.6 Å². The molecule has 0 radical (unpaired) electrons. The van der Waals surface area contributed by atoms with Gasteiger partial charge in [0.1, 0.15) is 18.1 Å². The lowest BCUT2D eigenvalue weighted by atomic mass is 9.99. The van der Waals surface area contributed by atoms with Gasteiger partial charge in [-0.2, -0.15) is 17.9 Å². The van der Waals surface area contributed by atoms with Gasteiger partial charge in [-0.15, -0.1) is 0 Å². The van der Waals surface area contributed by atoms with Crippen molar-refractivity contribution in [2.45, 2.75) is 50.7 Å². The van der Waals surface area contributed by atoms with Crippen LogP contribution in [0, 0.1) is 6.92 Å². The highest BCUT2D eigenvalue weighted by Gasteiger charge is 2.42. The predicted molar refractivity (Wildman–Crippen MR) is 149 cm³/mol. The maximum atomic E-state index is 5.95. The minimum Gasteiger partial charge on any atom is -0.492 e. The van der Waals surface area contributed by atoms with Crippen molar-refractivity contribution in [1.29, 1.82) is 0 Å². The number of nitrogens with one attached hydrogen (secondary N) is 1. The fourth-order valence-corrected chi connectivity index (χ4v) is 6.61. The number of hydrazine groups is 1. The first kappa shape index (κ1) is 26.5. The third-order valence-corrected chi connectivity index (χ3v) is 8.01. The lowest BCUT2D eigenvalue weighted by Crippen LogP contribution is -2.53. The third kappa shape index (κ3) is 6.43. The minimum absolute atomic E-state index is 0. The third-order valence-electron chi connectivity index (χ3n) is 6.56. The van der Waals surface area contributed by atoms with Gasteiger partial charge in [0, 0.05) is 31.7 Å². The van der Waals surface area contributed by atoms with Crippen LogP contribution in [0.15, 0.2) is 42.5 Å². The summed E-state index contributed by atoms with van der Waals surface area (Å²) in [5.74, 6) is 1.61.